The molecular weight excluding hydrogens is 346 g/mol. The molecule has 0 bridgehead atoms. The molecule has 2 aliphatic rings. The van der Waals surface area contributed by atoms with Crippen LogP contribution in [0, 0.1) is 63.7 Å². The SMILES string of the molecule is [CH]1[CH][CH][CH][CH]1.[CH]1[CH][CH][C](/C(=C/c2ccncc2)c2ccccc2)[CH]1.[Fe+2]. The Balaban J connectivity index is 0.000000325. The van der Waals surface area contributed by atoms with Crippen molar-refractivity contribution < 1.29 is 17.1 Å². The topological polar surface area (TPSA) is 12.9 Å². The molecule has 2 fully saturated rings. The number of hydrogen-bond donors (Lipinski definition) is 0. The van der Waals surface area contributed by atoms with Crippen molar-refractivity contribution in [3.8, 4) is 0 Å². The zero-order valence-corrected chi connectivity index (χ0v) is 14.9. The van der Waals surface area contributed by atoms with Gasteiger partial charge in [-0.1, -0.05) is 36.4 Å². The van der Waals surface area contributed by atoms with Gasteiger partial charge in [0.05, 0.1) is 0 Å². The molecule has 122 valence electrons. The molecule has 10 radical (unpaired) electrons. The van der Waals surface area contributed by atoms with Crippen LogP contribution in [-0.2, 0) is 17.1 Å². The maximum absolute atomic E-state index is 4.06. The van der Waals surface area contributed by atoms with Gasteiger partial charge in [-0.25, -0.2) is 0 Å². The van der Waals surface area contributed by atoms with Crippen molar-refractivity contribution in [2.45, 2.75) is 0 Å². The predicted octanol–water partition coefficient (Wildman–Crippen LogP) is 5.05. The van der Waals surface area contributed by atoms with E-state index in [-0.39, 0.29) is 17.1 Å². The fourth-order valence-corrected chi connectivity index (χ4v) is 2.45. The Hall–Kier alpha value is -1.37. The summed E-state index contributed by atoms with van der Waals surface area (Å²) in [5.74, 6) is 1.24. The minimum absolute atomic E-state index is 0. The zero-order chi connectivity index (χ0) is 16.5. The van der Waals surface area contributed by atoms with Gasteiger partial charge in [0.2, 0.25) is 0 Å². The van der Waals surface area contributed by atoms with Crippen LogP contribution in [0.3, 0.4) is 0 Å². The second kappa shape index (κ2) is 11.3. The van der Waals surface area contributed by atoms with E-state index >= 15 is 0 Å². The third kappa shape index (κ3) is 6.45. The Kier molecular flexibility index (Phi) is 9.00. The molecule has 2 aromatic rings. The number of benzene rings is 1. The maximum Gasteiger partial charge on any atom is 2.00 e. The first-order valence-electron chi connectivity index (χ1n) is 7.99. The van der Waals surface area contributed by atoms with Crippen molar-refractivity contribution in [2.24, 2.45) is 0 Å². The number of aromatic nitrogens is 1. The summed E-state index contributed by atoms with van der Waals surface area (Å²) in [5, 5.41) is 0. The second-order valence-corrected chi connectivity index (χ2v) is 5.34. The molecule has 1 aromatic carbocycles. The van der Waals surface area contributed by atoms with Crippen LogP contribution in [0.15, 0.2) is 54.9 Å². The summed E-state index contributed by atoms with van der Waals surface area (Å²) in [6.45, 7) is 0. The fraction of sp³-hybridized carbons (Fsp3) is 0. The largest absolute Gasteiger partial charge is 2.00 e. The van der Waals surface area contributed by atoms with Gasteiger partial charge in [0.1, 0.15) is 0 Å². The van der Waals surface area contributed by atoms with Crippen LogP contribution in [-0.4, -0.2) is 4.98 Å². The summed E-state index contributed by atoms with van der Waals surface area (Å²) in [4.78, 5) is 4.06. The van der Waals surface area contributed by atoms with Crippen LogP contribution in [0.2, 0.25) is 0 Å². The zero-order valence-electron chi connectivity index (χ0n) is 13.8. The van der Waals surface area contributed by atoms with Gasteiger partial charge >= 0.3 is 17.1 Å². The standard InChI is InChI=1S/C18H14N.C5H5.Fe/c1-2-6-16(7-3-1)18(17-8-4-5-9-17)14-15-10-12-19-13-11-15;1-2-4-5-3-1;/h1-14H;1-5H;/q;;+2/b18-14+;;. The van der Waals surface area contributed by atoms with Gasteiger partial charge in [0, 0.05) is 18.3 Å². The molecule has 0 aliphatic heterocycles. The van der Waals surface area contributed by atoms with Crippen LogP contribution < -0.4 is 0 Å². The number of rotatable bonds is 3. The first kappa shape index (κ1) is 19.9. The van der Waals surface area contributed by atoms with Crippen LogP contribution in [0.4, 0.5) is 0 Å². The van der Waals surface area contributed by atoms with Crippen molar-refractivity contribution >= 4 is 11.6 Å². The minimum atomic E-state index is 0. The van der Waals surface area contributed by atoms with Gasteiger partial charge in [0.25, 0.3) is 0 Å². The molecule has 0 amide bonds. The Bertz CT molecular complexity index is 603. The molecule has 4 rings (SSSR count). The van der Waals surface area contributed by atoms with Crippen LogP contribution >= 0.6 is 0 Å². The molecule has 0 unspecified atom stereocenters. The Morgan fingerprint density at radius 3 is 1.80 bits per heavy atom. The Morgan fingerprint density at radius 2 is 1.24 bits per heavy atom. The quantitative estimate of drug-likeness (QED) is 0.694. The maximum atomic E-state index is 4.06. The van der Waals surface area contributed by atoms with E-state index in [2.05, 4.69) is 61.0 Å². The first-order valence-corrected chi connectivity index (χ1v) is 7.99. The molecule has 0 N–H and O–H groups in total. The summed E-state index contributed by atoms with van der Waals surface area (Å²) < 4.78 is 0. The number of pyridine rings is 1. The van der Waals surface area contributed by atoms with Crippen LogP contribution in [0.25, 0.3) is 11.6 Å². The molecule has 2 heteroatoms. The molecule has 1 nitrogen and oxygen atoms in total. The van der Waals surface area contributed by atoms with E-state index in [0.717, 1.165) is 5.56 Å². The summed E-state index contributed by atoms with van der Waals surface area (Å²) in [7, 11) is 0. The summed E-state index contributed by atoms with van der Waals surface area (Å²) in [6, 6.07) is 14.5. The summed E-state index contributed by atoms with van der Waals surface area (Å²) in [5.41, 5.74) is 3.62. The van der Waals surface area contributed by atoms with Crippen molar-refractivity contribution in [1.29, 1.82) is 0 Å². The number of allylic oxidation sites excluding steroid dienone is 1. The van der Waals surface area contributed by atoms with E-state index in [1.54, 1.807) is 0 Å². The number of nitrogens with zero attached hydrogens (tertiary/aromatic N) is 1. The van der Waals surface area contributed by atoms with Crippen LogP contribution in [0.1, 0.15) is 11.1 Å². The molecule has 1 aromatic heterocycles. The average molecular weight is 365 g/mol. The van der Waals surface area contributed by atoms with Gasteiger partial charge < -0.3 is 0 Å². The average Bonchev–Trinajstić information content (AvgIpc) is 3.37. The summed E-state index contributed by atoms with van der Waals surface area (Å²) >= 11 is 0. The van der Waals surface area contributed by atoms with E-state index in [1.807, 2.05) is 62.7 Å². The van der Waals surface area contributed by atoms with E-state index in [0.29, 0.717) is 0 Å². The van der Waals surface area contributed by atoms with Crippen molar-refractivity contribution in [1.82, 2.24) is 4.98 Å². The molecule has 1 heterocycles. The van der Waals surface area contributed by atoms with E-state index < -0.39 is 0 Å². The smallest absolute Gasteiger partial charge is 0.265 e. The van der Waals surface area contributed by atoms with Crippen molar-refractivity contribution in [3.05, 3.63) is 130 Å². The second-order valence-electron chi connectivity index (χ2n) is 5.34. The third-order valence-corrected chi connectivity index (χ3v) is 3.63. The number of hydrogen-bond acceptors (Lipinski definition) is 1. The van der Waals surface area contributed by atoms with Gasteiger partial charge in [0.15, 0.2) is 0 Å². The molecule has 0 atom stereocenters. The van der Waals surface area contributed by atoms with Crippen molar-refractivity contribution in [3.63, 3.8) is 0 Å². The molecule has 2 saturated carbocycles. The molecular formula is C23H19FeN+2. The predicted molar refractivity (Wildman–Crippen MR) is 100 cm³/mol. The van der Waals surface area contributed by atoms with E-state index in [4.69, 9.17) is 0 Å². The first-order chi connectivity index (χ1) is 11.9. The van der Waals surface area contributed by atoms with Gasteiger partial charge in [-0.2, -0.15) is 0 Å². The normalized spacial score (nSPS) is 17.5. The van der Waals surface area contributed by atoms with Gasteiger partial charge in [-0.15, -0.1) is 0 Å². The van der Waals surface area contributed by atoms with Gasteiger partial charge in [-0.05, 0) is 86.6 Å². The van der Waals surface area contributed by atoms with Crippen LogP contribution in [0.5, 0.6) is 0 Å². The molecule has 0 spiro atoms. The Labute approximate surface area is 163 Å². The molecule has 2 aliphatic carbocycles. The van der Waals surface area contributed by atoms with Crippen molar-refractivity contribution in [2.75, 3.05) is 0 Å². The monoisotopic (exact) mass is 365 g/mol. The molecule has 0 saturated heterocycles. The van der Waals surface area contributed by atoms with E-state index in [1.165, 1.54) is 17.1 Å². The molecule has 25 heavy (non-hydrogen) atoms. The van der Waals surface area contributed by atoms with E-state index in [9.17, 15) is 0 Å². The van der Waals surface area contributed by atoms with Gasteiger partial charge in [-0.3, -0.25) is 4.98 Å². The fourth-order valence-electron chi connectivity index (χ4n) is 2.45. The third-order valence-electron chi connectivity index (χ3n) is 3.63. The minimum Gasteiger partial charge on any atom is -0.265 e. The summed E-state index contributed by atoms with van der Waals surface area (Å²) in [6.07, 6.45) is 24.3. The Morgan fingerprint density at radius 1 is 0.680 bits per heavy atom.